The van der Waals surface area contributed by atoms with Crippen molar-refractivity contribution in [3.05, 3.63) is 89.9 Å². The summed E-state index contributed by atoms with van der Waals surface area (Å²) in [6, 6.07) is 15.2. The van der Waals surface area contributed by atoms with Gasteiger partial charge in [0.25, 0.3) is 5.91 Å². The molecule has 0 aliphatic carbocycles. The Labute approximate surface area is 179 Å². The van der Waals surface area contributed by atoms with Crippen LogP contribution < -0.4 is 10.1 Å². The van der Waals surface area contributed by atoms with Crippen molar-refractivity contribution in [2.45, 2.75) is 22.8 Å². The molecule has 0 bridgehead atoms. The lowest BCUT2D eigenvalue weighted by Gasteiger charge is -2.10. The van der Waals surface area contributed by atoms with Gasteiger partial charge in [0, 0.05) is 31.6 Å². The number of hydrogen-bond acceptors (Lipinski definition) is 5. The Morgan fingerprint density at radius 3 is 2.77 bits per heavy atom. The molecule has 2 aromatic carbocycles. The maximum atomic E-state index is 13.1. The third-order valence-electron chi connectivity index (χ3n) is 5.31. The second-order valence-corrected chi connectivity index (χ2v) is 9.20. The lowest BCUT2D eigenvalue weighted by molar-refractivity contribution is 0.0950. The van der Waals surface area contributed by atoms with E-state index in [0.29, 0.717) is 24.3 Å². The van der Waals surface area contributed by atoms with E-state index in [2.05, 4.69) is 10.3 Å². The average molecular weight is 433 g/mol. The van der Waals surface area contributed by atoms with E-state index in [4.69, 9.17) is 4.74 Å². The zero-order chi connectivity index (χ0) is 21.4. The number of rotatable bonds is 5. The number of pyridine rings is 1. The molecular formula is C23H19N3O4S. The van der Waals surface area contributed by atoms with Gasteiger partial charge in [-0.25, -0.2) is 13.4 Å². The summed E-state index contributed by atoms with van der Waals surface area (Å²) in [5.74, 6) is 0.234. The fourth-order valence-corrected chi connectivity index (χ4v) is 5.09. The van der Waals surface area contributed by atoms with E-state index in [1.54, 1.807) is 71.5 Å². The summed E-state index contributed by atoms with van der Waals surface area (Å²) < 4.78 is 33.5. The van der Waals surface area contributed by atoms with Crippen LogP contribution in [0, 0.1) is 0 Å². The largest absolute Gasteiger partial charge is 0.492 e. The van der Waals surface area contributed by atoms with Crippen LogP contribution in [0.25, 0.3) is 5.65 Å². The molecule has 31 heavy (non-hydrogen) atoms. The van der Waals surface area contributed by atoms with Crippen LogP contribution in [0.4, 0.5) is 0 Å². The van der Waals surface area contributed by atoms with Crippen LogP contribution in [-0.4, -0.2) is 30.3 Å². The molecule has 2 aromatic heterocycles. The normalized spacial score (nSPS) is 13.0. The van der Waals surface area contributed by atoms with E-state index in [-0.39, 0.29) is 22.2 Å². The van der Waals surface area contributed by atoms with Gasteiger partial charge in [-0.1, -0.05) is 24.3 Å². The van der Waals surface area contributed by atoms with Crippen molar-refractivity contribution in [3.8, 4) is 5.75 Å². The molecule has 0 saturated carbocycles. The number of benzene rings is 2. The minimum atomic E-state index is -3.69. The number of carbonyl (C=O) groups is 1. The molecule has 0 atom stereocenters. The number of amides is 1. The summed E-state index contributed by atoms with van der Waals surface area (Å²) in [5, 5.41) is 2.85. The minimum Gasteiger partial charge on any atom is -0.492 e. The average Bonchev–Trinajstić information content (AvgIpc) is 3.46. The Morgan fingerprint density at radius 2 is 1.94 bits per heavy atom. The van der Waals surface area contributed by atoms with Gasteiger partial charge in [0.1, 0.15) is 16.3 Å². The number of para-hydroxylation sites is 1. The van der Waals surface area contributed by atoms with Crippen molar-refractivity contribution in [3.63, 3.8) is 0 Å². The van der Waals surface area contributed by atoms with Crippen LogP contribution in [0.2, 0.25) is 0 Å². The number of fused-ring (bicyclic) bond motifs is 2. The first-order chi connectivity index (χ1) is 15.0. The number of hydrogen-bond donors (Lipinski definition) is 1. The summed E-state index contributed by atoms with van der Waals surface area (Å²) in [7, 11) is -3.69. The quantitative estimate of drug-likeness (QED) is 0.523. The first-order valence-corrected chi connectivity index (χ1v) is 11.3. The molecule has 3 heterocycles. The van der Waals surface area contributed by atoms with Gasteiger partial charge >= 0.3 is 0 Å². The highest BCUT2D eigenvalue weighted by molar-refractivity contribution is 7.91. The minimum absolute atomic E-state index is 0.192. The van der Waals surface area contributed by atoms with Crippen molar-refractivity contribution in [2.24, 2.45) is 0 Å². The number of nitrogens with one attached hydrogen (secondary N) is 1. The molecule has 0 saturated heterocycles. The van der Waals surface area contributed by atoms with E-state index >= 15 is 0 Å². The Bertz CT molecular complexity index is 1390. The molecule has 1 aliphatic rings. The second-order valence-electron chi connectivity index (χ2n) is 7.28. The highest BCUT2D eigenvalue weighted by Crippen LogP contribution is 2.35. The molecule has 8 heteroatoms. The molecule has 5 rings (SSSR count). The molecule has 0 radical (unpaired) electrons. The van der Waals surface area contributed by atoms with E-state index in [0.717, 1.165) is 16.8 Å². The van der Waals surface area contributed by atoms with Gasteiger partial charge in [-0.05, 0) is 41.5 Å². The molecule has 0 unspecified atom stereocenters. The summed E-state index contributed by atoms with van der Waals surface area (Å²) in [6.07, 6.45) is 5.87. The maximum absolute atomic E-state index is 13.1. The van der Waals surface area contributed by atoms with E-state index < -0.39 is 9.84 Å². The predicted molar refractivity (Wildman–Crippen MR) is 114 cm³/mol. The summed E-state index contributed by atoms with van der Waals surface area (Å²) >= 11 is 0. The van der Waals surface area contributed by atoms with Gasteiger partial charge in [0.15, 0.2) is 0 Å². The van der Waals surface area contributed by atoms with Crippen molar-refractivity contribution >= 4 is 21.4 Å². The molecule has 0 spiro atoms. The zero-order valence-electron chi connectivity index (χ0n) is 16.5. The lowest BCUT2D eigenvalue weighted by atomic mass is 10.2. The smallest absolute Gasteiger partial charge is 0.253 e. The van der Waals surface area contributed by atoms with Crippen molar-refractivity contribution in [1.29, 1.82) is 0 Å². The zero-order valence-corrected chi connectivity index (χ0v) is 17.3. The Balaban J connectivity index is 1.31. The Morgan fingerprint density at radius 1 is 1.10 bits per heavy atom. The van der Waals surface area contributed by atoms with E-state index in [1.165, 1.54) is 0 Å². The molecule has 4 aromatic rings. The van der Waals surface area contributed by atoms with Gasteiger partial charge in [-0.3, -0.25) is 4.79 Å². The van der Waals surface area contributed by atoms with Crippen LogP contribution in [0.5, 0.6) is 5.75 Å². The summed E-state index contributed by atoms with van der Waals surface area (Å²) in [6.45, 7) is 0.777. The fraction of sp³-hybridized carbons (Fsp3) is 0.130. The first-order valence-electron chi connectivity index (χ1n) is 9.82. The third-order valence-corrected chi connectivity index (χ3v) is 7.10. The number of nitrogens with zero attached hydrogens (tertiary/aromatic N) is 2. The van der Waals surface area contributed by atoms with Gasteiger partial charge in [-0.15, -0.1) is 0 Å². The predicted octanol–water partition coefficient (Wildman–Crippen LogP) is 3.03. The Hall–Kier alpha value is -3.65. The maximum Gasteiger partial charge on any atom is 0.253 e. The number of ether oxygens (including phenoxy) is 1. The van der Waals surface area contributed by atoms with Crippen molar-refractivity contribution in [2.75, 3.05) is 6.61 Å². The number of aromatic nitrogens is 2. The summed E-state index contributed by atoms with van der Waals surface area (Å²) in [5.41, 5.74) is 2.99. The third kappa shape index (κ3) is 3.55. The van der Waals surface area contributed by atoms with Gasteiger partial charge in [0.2, 0.25) is 9.84 Å². The molecular weight excluding hydrogens is 414 g/mol. The van der Waals surface area contributed by atoms with Crippen LogP contribution in [0.15, 0.2) is 83.0 Å². The fourth-order valence-electron chi connectivity index (χ4n) is 3.65. The Kier molecular flexibility index (Phi) is 4.71. The molecule has 156 valence electrons. The molecule has 7 nitrogen and oxygen atoms in total. The van der Waals surface area contributed by atoms with Crippen LogP contribution in [-0.2, 0) is 22.8 Å². The first kappa shape index (κ1) is 19.3. The van der Waals surface area contributed by atoms with E-state index in [9.17, 15) is 13.2 Å². The van der Waals surface area contributed by atoms with Gasteiger partial charge in [-0.2, -0.15) is 0 Å². The van der Waals surface area contributed by atoms with Crippen molar-refractivity contribution in [1.82, 2.24) is 14.7 Å². The topological polar surface area (TPSA) is 89.8 Å². The van der Waals surface area contributed by atoms with Gasteiger partial charge in [0.05, 0.1) is 17.1 Å². The lowest BCUT2D eigenvalue weighted by Crippen LogP contribution is -2.23. The molecule has 1 amide bonds. The monoisotopic (exact) mass is 433 g/mol. The summed E-state index contributed by atoms with van der Waals surface area (Å²) in [4.78, 5) is 17.0. The van der Waals surface area contributed by atoms with Gasteiger partial charge < -0.3 is 14.5 Å². The molecule has 1 aliphatic heterocycles. The van der Waals surface area contributed by atoms with Crippen LogP contribution >= 0.6 is 0 Å². The van der Waals surface area contributed by atoms with E-state index in [1.807, 2.05) is 6.07 Å². The second kappa shape index (κ2) is 7.55. The number of carbonyl (C=O) groups excluding carboxylic acids is 1. The van der Waals surface area contributed by atoms with Crippen molar-refractivity contribution < 1.29 is 17.9 Å². The highest BCUT2D eigenvalue weighted by atomic mass is 32.2. The SMILES string of the molecule is O=C(NCc1ccc(S(=O)(=O)c2cccc3c2OCC3)cc1)c1ccc2nccn2c1. The van der Waals surface area contributed by atoms with Crippen LogP contribution in [0.1, 0.15) is 21.5 Å². The van der Waals surface area contributed by atoms with Crippen LogP contribution in [0.3, 0.4) is 0 Å². The molecule has 0 fully saturated rings. The highest BCUT2D eigenvalue weighted by Gasteiger charge is 2.26. The number of imidazole rings is 1. The molecule has 1 N–H and O–H groups in total. The standard InChI is InChI=1S/C23H19N3O4S/c27-23(18-6-9-21-24-11-12-26(21)15-18)25-14-16-4-7-19(8-5-16)31(28,29)20-3-1-2-17-10-13-30-22(17)20/h1-9,11-12,15H,10,13-14H2,(H,25,27). The number of sulfone groups is 1.